The van der Waals surface area contributed by atoms with E-state index in [1.807, 2.05) is 0 Å². The molecule has 1 aliphatic heterocycles. The molecule has 2 aromatic heterocycles. The first-order valence-corrected chi connectivity index (χ1v) is 9.92. The highest BCUT2D eigenvalue weighted by Crippen LogP contribution is 2.27. The Labute approximate surface area is 164 Å². The number of aliphatic hydroxyl groups excluding tert-OH is 1. The molecule has 1 saturated heterocycles. The lowest BCUT2D eigenvalue weighted by Crippen LogP contribution is -2.40. The quantitative estimate of drug-likeness (QED) is 0.652. The van der Waals surface area contributed by atoms with E-state index < -0.39 is 12.2 Å². The minimum atomic E-state index is -0.551. The Bertz CT molecular complexity index is 825. The van der Waals surface area contributed by atoms with Crippen molar-refractivity contribution in [2.45, 2.75) is 37.8 Å². The third-order valence-corrected chi connectivity index (χ3v) is 5.46. The molecule has 0 aromatic carbocycles. The van der Waals surface area contributed by atoms with Crippen LogP contribution in [0.1, 0.15) is 25.7 Å². The van der Waals surface area contributed by atoms with Crippen LogP contribution in [0.2, 0.25) is 0 Å². The van der Waals surface area contributed by atoms with Crippen molar-refractivity contribution < 1.29 is 19.4 Å². The van der Waals surface area contributed by atoms with Crippen LogP contribution in [0.4, 0.5) is 10.6 Å². The molecule has 0 bridgehead atoms. The Kier molecular flexibility index (Phi) is 5.46. The number of rotatable bonds is 5. The molecule has 2 fully saturated rings. The number of hydrogen-bond donors (Lipinski definition) is 3. The molecule has 3 heterocycles. The summed E-state index contributed by atoms with van der Waals surface area (Å²) in [6.07, 6.45) is 4.36. The maximum Gasteiger partial charge on any atom is 0.413 e. The first kappa shape index (κ1) is 18.5. The van der Waals surface area contributed by atoms with Gasteiger partial charge in [0.05, 0.1) is 36.0 Å². The first-order valence-electron chi connectivity index (χ1n) is 9.12. The van der Waals surface area contributed by atoms with Crippen molar-refractivity contribution in [1.82, 2.24) is 19.9 Å². The lowest BCUT2D eigenvalue weighted by Gasteiger charge is -2.28. The van der Waals surface area contributed by atoms with Gasteiger partial charge in [-0.15, -0.1) is 0 Å². The van der Waals surface area contributed by atoms with Crippen LogP contribution >= 0.6 is 15.9 Å². The smallest absolute Gasteiger partial charge is 0.391 e. The molecular formula is C17H22BrN5O4. The Morgan fingerprint density at radius 3 is 2.96 bits per heavy atom. The van der Waals surface area contributed by atoms with E-state index >= 15 is 0 Å². The molecular weight excluding hydrogens is 418 g/mol. The van der Waals surface area contributed by atoms with Gasteiger partial charge in [-0.2, -0.15) is 9.61 Å². The van der Waals surface area contributed by atoms with Gasteiger partial charge < -0.3 is 25.2 Å². The molecule has 2 aliphatic rings. The summed E-state index contributed by atoms with van der Waals surface area (Å²) in [5.74, 6) is 1.12. The highest BCUT2D eigenvalue weighted by atomic mass is 79.9. The molecule has 3 N–H and O–H groups in total. The van der Waals surface area contributed by atoms with Crippen LogP contribution in [0, 0.1) is 5.92 Å². The molecule has 27 heavy (non-hydrogen) atoms. The van der Waals surface area contributed by atoms with Crippen LogP contribution in [0.3, 0.4) is 0 Å². The minimum absolute atomic E-state index is 0.0734. The third kappa shape index (κ3) is 4.17. The van der Waals surface area contributed by atoms with Gasteiger partial charge in [-0.1, -0.05) is 12.8 Å². The molecule has 4 rings (SSSR count). The fraction of sp³-hybridized carbons (Fsp3) is 0.588. The fourth-order valence-electron chi connectivity index (χ4n) is 3.29. The van der Waals surface area contributed by atoms with Crippen molar-refractivity contribution in [3.05, 3.63) is 16.7 Å². The second-order valence-corrected chi connectivity index (χ2v) is 7.84. The van der Waals surface area contributed by atoms with Crippen molar-refractivity contribution in [3.63, 3.8) is 0 Å². The lowest BCUT2D eigenvalue weighted by molar-refractivity contribution is -0.0298. The summed E-state index contributed by atoms with van der Waals surface area (Å²) >= 11 is 3.41. The SMILES string of the molecule is O=C(NCC1COC1)Oc1cc(N[C@H]2CCCC[C@H]2O)nc2c(Br)cnn12. The standard InChI is InChI=1S/C17H22BrN5O4/c18-11-7-20-23-15(27-17(25)19-6-10-8-26-9-10)5-14(22-16(11)23)21-12-3-1-2-4-13(12)24/h5,7,10,12-13,24H,1-4,6,8-9H2,(H,19,25)(H,21,22)/t12-,13+/m0/s1. The van der Waals surface area contributed by atoms with Crippen LogP contribution < -0.4 is 15.4 Å². The molecule has 1 aliphatic carbocycles. The molecule has 9 nitrogen and oxygen atoms in total. The summed E-state index contributed by atoms with van der Waals surface area (Å²) < 4.78 is 12.7. The number of nitrogens with one attached hydrogen (secondary N) is 2. The Morgan fingerprint density at radius 2 is 2.22 bits per heavy atom. The van der Waals surface area contributed by atoms with E-state index in [2.05, 4.69) is 36.6 Å². The monoisotopic (exact) mass is 439 g/mol. The number of ether oxygens (including phenoxy) is 2. The van der Waals surface area contributed by atoms with Gasteiger partial charge >= 0.3 is 6.09 Å². The molecule has 0 unspecified atom stereocenters. The van der Waals surface area contributed by atoms with Gasteiger partial charge in [-0.3, -0.25) is 0 Å². The van der Waals surface area contributed by atoms with Crippen molar-refractivity contribution in [2.24, 2.45) is 5.92 Å². The molecule has 1 saturated carbocycles. The number of aromatic nitrogens is 3. The molecule has 0 radical (unpaired) electrons. The molecule has 2 atom stereocenters. The topological polar surface area (TPSA) is 110 Å². The largest absolute Gasteiger partial charge is 0.413 e. The summed E-state index contributed by atoms with van der Waals surface area (Å²) in [7, 11) is 0. The Balaban J connectivity index is 1.52. The minimum Gasteiger partial charge on any atom is -0.391 e. The van der Waals surface area contributed by atoms with Crippen LogP contribution in [0.15, 0.2) is 16.7 Å². The van der Waals surface area contributed by atoms with Crippen LogP contribution in [-0.4, -0.2) is 57.7 Å². The summed E-state index contributed by atoms with van der Waals surface area (Å²) in [4.78, 5) is 16.7. The van der Waals surface area contributed by atoms with Crippen LogP contribution in [0.5, 0.6) is 5.88 Å². The molecule has 146 valence electrons. The zero-order valence-electron chi connectivity index (χ0n) is 14.7. The number of carbonyl (C=O) groups excluding carboxylic acids is 1. The van der Waals surface area contributed by atoms with E-state index in [4.69, 9.17) is 9.47 Å². The van der Waals surface area contributed by atoms with Gasteiger partial charge in [0.25, 0.3) is 0 Å². The number of nitrogens with zero attached hydrogens (tertiary/aromatic N) is 3. The highest BCUT2D eigenvalue weighted by molar-refractivity contribution is 9.10. The predicted octanol–water partition coefficient (Wildman–Crippen LogP) is 1.94. The Hall–Kier alpha value is -1.91. The van der Waals surface area contributed by atoms with Gasteiger partial charge in [-0.05, 0) is 28.8 Å². The fourth-order valence-corrected chi connectivity index (χ4v) is 3.63. The van der Waals surface area contributed by atoms with E-state index in [1.165, 1.54) is 4.52 Å². The number of halogens is 1. The zero-order valence-corrected chi connectivity index (χ0v) is 16.3. The lowest BCUT2D eigenvalue weighted by atomic mass is 9.93. The molecule has 1 amide bonds. The number of aliphatic hydroxyl groups is 1. The normalized spacial score (nSPS) is 23.0. The van der Waals surface area contributed by atoms with Gasteiger partial charge in [0.1, 0.15) is 5.82 Å². The molecule has 0 spiro atoms. The first-order chi connectivity index (χ1) is 13.1. The molecule has 10 heteroatoms. The van der Waals surface area contributed by atoms with Crippen LogP contribution in [-0.2, 0) is 4.74 Å². The van der Waals surface area contributed by atoms with Gasteiger partial charge in [0, 0.05) is 18.5 Å². The summed E-state index contributed by atoms with van der Waals surface area (Å²) in [5.41, 5.74) is 0.528. The van der Waals surface area contributed by atoms with Crippen molar-refractivity contribution >= 4 is 33.5 Å². The van der Waals surface area contributed by atoms with Gasteiger partial charge in [-0.25, -0.2) is 9.78 Å². The van der Waals surface area contributed by atoms with E-state index in [-0.39, 0.29) is 11.9 Å². The van der Waals surface area contributed by atoms with Crippen molar-refractivity contribution in [3.8, 4) is 5.88 Å². The van der Waals surface area contributed by atoms with Crippen LogP contribution in [0.25, 0.3) is 5.65 Å². The number of amides is 1. The average Bonchev–Trinajstić information content (AvgIpc) is 2.97. The van der Waals surface area contributed by atoms with Gasteiger partial charge in [0.2, 0.25) is 5.88 Å². The number of carbonyl (C=O) groups is 1. The van der Waals surface area contributed by atoms with E-state index in [0.717, 1.165) is 25.7 Å². The summed E-state index contributed by atoms with van der Waals surface area (Å²) in [5, 5.41) is 20.4. The van der Waals surface area contributed by atoms with E-state index in [1.54, 1.807) is 12.3 Å². The van der Waals surface area contributed by atoms with E-state index in [9.17, 15) is 9.90 Å². The number of fused-ring (bicyclic) bond motifs is 1. The third-order valence-electron chi connectivity index (χ3n) is 4.90. The molecule has 2 aromatic rings. The maximum absolute atomic E-state index is 12.2. The highest BCUT2D eigenvalue weighted by Gasteiger charge is 2.24. The van der Waals surface area contributed by atoms with Crippen molar-refractivity contribution in [2.75, 3.05) is 25.1 Å². The maximum atomic E-state index is 12.2. The summed E-state index contributed by atoms with van der Waals surface area (Å²) in [6, 6.07) is 1.55. The van der Waals surface area contributed by atoms with Crippen molar-refractivity contribution in [1.29, 1.82) is 0 Å². The second kappa shape index (κ2) is 7.99. The number of hydrogen-bond acceptors (Lipinski definition) is 7. The average molecular weight is 440 g/mol. The van der Waals surface area contributed by atoms with E-state index in [0.29, 0.717) is 41.6 Å². The van der Waals surface area contributed by atoms with Gasteiger partial charge in [0.15, 0.2) is 5.65 Å². The predicted molar refractivity (Wildman–Crippen MR) is 101 cm³/mol. The Morgan fingerprint density at radius 1 is 1.41 bits per heavy atom. The number of anilines is 1. The second-order valence-electron chi connectivity index (χ2n) is 6.98. The summed E-state index contributed by atoms with van der Waals surface area (Å²) in [6.45, 7) is 1.82. The zero-order chi connectivity index (χ0) is 18.8.